The smallest absolute Gasteiger partial charge is 0.264 e. The van der Waals surface area contributed by atoms with Crippen LogP contribution in [0, 0.1) is 0 Å². The Labute approximate surface area is 176 Å². The normalized spacial score (nSPS) is 19.0. The van der Waals surface area contributed by atoms with Gasteiger partial charge < -0.3 is 14.8 Å². The van der Waals surface area contributed by atoms with Crippen molar-refractivity contribution in [1.82, 2.24) is 24.6 Å². The van der Waals surface area contributed by atoms with Crippen LogP contribution < -0.4 is 20.3 Å². The molecule has 0 spiro atoms. The molecule has 2 aliphatic rings. The predicted octanol–water partition coefficient (Wildman–Crippen LogP) is -0.00230. The van der Waals surface area contributed by atoms with Crippen LogP contribution in [0.1, 0.15) is 18.0 Å². The van der Waals surface area contributed by atoms with Gasteiger partial charge in [0.2, 0.25) is 12.7 Å². The molecule has 0 bridgehead atoms. The number of sulfone groups is 1. The quantitative estimate of drug-likeness (QED) is 0.580. The Bertz CT molecular complexity index is 1350. The number of carbonyl (C=O) groups excluding carboxylic acids is 1. The standard InChI is InChI=1S/C19H19N5O6S/c25-17(20-6-12-1-2-15-16(5-12)30-11-29-15)8-23-10-21-18-14(19(23)26)7-22-24(18)13-3-4-31(27,28)9-13/h1-2,5,7,10,13H,3-4,6,8-9,11H2,(H,20,25)/t13-/m1/s1. The summed E-state index contributed by atoms with van der Waals surface area (Å²) in [6, 6.07) is 5.06. The van der Waals surface area contributed by atoms with E-state index >= 15 is 0 Å². The Hall–Kier alpha value is -3.41. The van der Waals surface area contributed by atoms with Gasteiger partial charge in [0.25, 0.3) is 5.56 Å². The molecule has 1 fully saturated rings. The molecule has 1 atom stereocenters. The number of fused-ring (bicyclic) bond motifs is 2. The van der Waals surface area contributed by atoms with Gasteiger partial charge in [0.1, 0.15) is 18.3 Å². The summed E-state index contributed by atoms with van der Waals surface area (Å²) in [5.74, 6) is 1.02. The van der Waals surface area contributed by atoms with Gasteiger partial charge in [0, 0.05) is 6.54 Å². The molecule has 2 aliphatic heterocycles. The molecule has 162 valence electrons. The molecule has 1 N–H and O–H groups in total. The summed E-state index contributed by atoms with van der Waals surface area (Å²) < 4.78 is 36.8. The van der Waals surface area contributed by atoms with Gasteiger partial charge in [-0.25, -0.2) is 18.1 Å². The predicted molar refractivity (Wildman–Crippen MR) is 109 cm³/mol. The van der Waals surface area contributed by atoms with Gasteiger partial charge in [-0.15, -0.1) is 0 Å². The molecule has 31 heavy (non-hydrogen) atoms. The minimum absolute atomic E-state index is 0.0171. The Balaban J connectivity index is 1.29. The van der Waals surface area contributed by atoms with Crippen molar-refractivity contribution in [3.8, 4) is 11.5 Å². The van der Waals surface area contributed by atoms with E-state index in [2.05, 4.69) is 15.4 Å². The fourth-order valence-corrected chi connectivity index (χ4v) is 5.47. The molecule has 11 nitrogen and oxygen atoms in total. The topological polar surface area (TPSA) is 134 Å². The zero-order chi connectivity index (χ0) is 21.6. The highest BCUT2D eigenvalue weighted by Gasteiger charge is 2.31. The third kappa shape index (κ3) is 3.74. The molecule has 0 saturated carbocycles. The van der Waals surface area contributed by atoms with Gasteiger partial charge in [-0.2, -0.15) is 5.10 Å². The molecule has 0 unspecified atom stereocenters. The molecule has 1 saturated heterocycles. The zero-order valence-electron chi connectivity index (χ0n) is 16.4. The van der Waals surface area contributed by atoms with Crippen LogP contribution in [-0.4, -0.2) is 52.0 Å². The highest BCUT2D eigenvalue weighted by molar-refractivity contribution is 7.91. The van der Waals surface area contributed by atoms with Crippen LogP contribution in [-0.2, 0) is 27.7 Å². The lowest BCUT2D eigenvalue weighted by Gasteiger charge is -2.10. The highest BCUT2D eigenvalue weighted by atomic mass is 32.2. The summed E-state index contributed by atoms with van der Waals surface area (Å²) >= 11 is 0. The first-order chi connectivity index (χ1) is 14.9. The molecule has 0 aliphatic carbocycles. The SMILES string of the molecule is O=C(Cn1cnc2c(cnn2[C@@H]2CCS(=O)(=O)C2)c1=O)NCc1ccc2c(c1)OCO2. The lowest BCUT2D eigenvalue weighted by Crippen LogP contribution is -2.32. The number of hydrogen-bond donors (Lipinski definition) is 1. The minimum atomic E-state index is -3.10. The van der Waals surface area contributed by atoms with Crippen LogP contribution in [0.3, 0.4) is 0 Å². The Morgan fingerprint density at radius 3 is 2.90 bits per heavy atom. The molecule has 3 aromatic rings. The van der Waals surface area contributed by atoms with E-state index in [1.54, 1.807) is 12.1 Å². The largest absolute Gasteiger partial charge is 0.454 e. The maximum Gasteiger partial charge on any atom is 0.264 e. The summed E-state index contributed by atoms with van der Waals surface area (Å²) in [6.07, 6.45) is 3.09. The number of amides is 1. The van der Waals surface area contributed by atoms with Crippen LogP contribution in [0.5, 0.6) is 11.5 Å². The van der Waals surface area contributed by atoms with Gasteiger partial charge in [-0.3, -0.25) is 14.2 Å². The van der Waals surface area contributed by atoms with Crippen LogP contribution in [0.25, 0.3) is 11.0 Å². The van der Waals surface area contributed by atoms with E-state index in [0.717, 1.165) is 5.56 Å². The summed E-state index contributed by atoms with van der Waals surface area (Å²) in [7, 11) is -3.10. The van der Waals surface area contributed by atoms with Crippen LogP contribution in [0.15, 0.2) is 35.5 Å². The monoisotopic (exact) mass is 445 g/mol. The van der Waals surface area contributed by atoms with Crippen molar-refractivity contribution in [2.75, 3.05) is 18.3 Å². The van der Waals surface area contributed by atoms with Crippen LogP contribution in [0.4, 0.5) is 0 Å². The van der Waals surface area contributed by atoms with Crippen molar-refractivity contribution in [3.63, 3.8) is 0 Å². The third-order valence-electron chi connectivity index (χ3n) is 5.37. The Morgan fingerprint density at radius 2 is 2.10 bits per heavy atom. The lowest BCUT2D eigenvalue weighted by molar-refractivity contribution is -0.121. The molecule has 2 aromatic heterocycles. The summed E-state index contributed by atoms with van der Waals surface area (Å²) in [5.41, 5.74) is 0.755. The van der Waals surface area contributed by atoms with Crippen LogP contribution >= 0.6 is 0 Å². The average Bonchev–Trinajstić information content (AvgIpc) is 3.46. The first-order valence-electron chi connectivity index (χ1n) is 9.68. The zero-order valence-corrected chi connectivity index (χ0v) is 17.2. The van der Waals surface area contributed by atoms with Crippen molar-refractivity contribution in [1.29, 1.82) is 0 Å². The summed E-state index contributed by atoms with van der Waals surface area (Å²) in [6.45, 7) is 0.250. The number of rotatable bonds is 5. The first-order valence-corrected chi connectivity index (χ1v) is 11.5. The molecular formula is C19H19N5O6S. The second kappa shape index (κ2) is 7.38. The molecule has 12 heteroatoms. The van der Waals surface area contributed by atoms with E-state index in [1.807, 2.05) is 6.07 Å². The summed E-state index contributed by atoms with van der Waals surface area (Å²) in [4.78, 5) is 29.4. The van der Waals surface area contributed by atoms with E-state index in [1.165, 1.54) is 21.8 Å². The Morgan fingerprint density at radius 1 is 1.26 bits per heavy atom. The van der Waals surface area contributed by atoms with Crippen molar-refractivity contribution < 1.29 is 22.7 Å². The maximum atomic E-state index is 12.8. The average molecular weight is 445 g/mol. The van der Waals surface area contributed by atoms with E-state index in [-0.39, 0.29) is 48.7 Å². The highest BCUT2D eigenvalue weighted by Crippen LogP contribution is 2.32. The number of benzene rings is 1. The fraction of sp³-hybridized carbons (Fsp3) is 0.368. The number of carbonyl (C=O) groups is 1. The van der Waals surface area contributed by atoms with Gasteiger partial charge in [-0.05, 0) is 24.1 Å². The second-order valence-electron chi connectivity index (χ2n) is 7.53. The van der Waals surface area contributed by atoms with E-state index < -0.39 is 15.4 Å². The minimum Gasteiger partial charge on any atom is -0.454 e. The number of nitrogens with one attached hydrogen (secondary N) is 1. The number of nitrogens with zero attached hydrogens (tertiary/aromatic N) is 4. The molecule has 1 amide bonds. The Kier molecular flexibility index (Phi) is 4.65. The van der Waals surface area contributed by atoms with Crippen LogP contribution in [0.2, 0.25) is 0 Å². The van der Waals surface area contributed by atoms with E-state index in [0.29, 0.717) is 23.6 Å². The van der Waals surface area contributed by atoms with Gasteiger partial charge in [0.15, 0.2) is 27.0 Å². The third-order valence-corrected chi connectivity index (χ3v) is 7.13. The van der Waals surface area contributed by atoms with Crippen molar-refractivity contribution in [3.05, 3.63) is 46.6 Å². The van der Waals surface area contributed by atoms with Gasteiger partial charge >= 0.3 is 0 Å². The number of ether oxygens (including phenoxy) is 2. The first kappa shape index (κ1) is 19.5. The van der Waals surface area contributed by atoms with Gasteiger partial charge in [-0.1, -0.05) is 6.07 Å². The fourth-order valence-electron chi connectivity index (χ4n) is 3.78. The molecule has 0 radical (unpaired) electrons. The second-order valence-corrected chi connectivity index (χ2v) is 9.75. The molecule has 5 rings (SSSR count). The van der Waals surface area contributed by atoms with Crippen molar-refractivity contribution in [2.45, 2.75) is 25.6 Å². The summed E-state index contributed by atoms with van der Waals surface area (Å²) in [5, 5.41) is 7.19. The van der Waals surface area contributed by atoms with E-state index in [9.17, 15) is 18.0 Å². The molecule has 1 aromatic carbocycles. The number of hydrogen-bond acceptors (Lipinski definition) is 8. The number of aromatic nitrogens is 4. The van der Waals surface area contributed by atoms with E-state index in [4.69, 9.17) is 9.47 Å². The van der Waals surface area contributed by atoms with Gasteiger partial charge in [0.05, 0.1) is 23.7 Å². The molecule has 4 heterocycles. The lowest BCUT2D eigenvalue weighted by atomic mass is 10.2. The molecular weight excluding hydrogens is 426 g/mol. The van der Waals surface area contributed by atoms with Crippen molar-refractivity contribution >= 4 is 26.8 Å². The maximum absolute atomic E-state index is 12.8. The van der Waals surface area contributed by atoms with Crippen molar-refractivity contribution in [2.24, 2.45) is 0 Å².